The van der Waals surface area contributed by atoms with Gasteiger partial charge in [-0.25, -0.2) is 14.8 Å². The van der Waals surface area contributed by atoms with Gasteiger partial charge in [0.15, 0.2) is 0 Å². The number of benzene rings is 1. The van der Waals surface area contributed by atoms with Crippen LogP contribution >= 0.6 is 0 Å². The fourth-order valence-electron chi connectivity index (χ4n) is 3.57. The van der Waals surface area contributed by atoms with Gasteiger partial charge in [0, 0.05) is 24.3 Å². The van der Waals surface area contributed by atoms with Gasteiger partial charge in [-0.2, -0.15) is 0 Å². The molecule has 1 aliphatic rings. The zero-order chi connectivity index (χ0) is 19.8. The highest BCUT2D eigenvalue weighted by atomic mass is 16.4. The Hall–Kier alpha value is -3.67. The van der Waals surface area contributed by atoms with E-state index in [1.165, 1.54) is 5.56 Å². The zero-order valence-electron chi connectivity index (χ0n) is 15.7. The standard InChI is InChI=1S/C23H20N4O2/c28-23(29)20-11-18(16-6-7-16)12-24-21(20)26-19-10-17-8-9-27(22(17)25-13-19)14-15-4-2-1-3-5-15/h1-5,8-13,16H,6-7,14H2,(H,24,26)(H,28,29). The number of carbonyl (C=O) groups is 1. The molecule has 1 aromatic carbocycles. The average molecular weight is 384 g/mol. The number of hydrogen-bond donors (Lipinski definition) is 2. The number of nitrogens with zero attached hydrogens (tertiary/aromatic N) is 3. The Morgan fingerprint density at radius 1 is 1.10 bits per heavy atom. The number of rotatable bonds is 6. The molecule has 0 spiro atoms. The lowest BCUT2D eigenvalue weighted by atomic mass is 10.1. The lowest BCUT2D eigenvalue weighted by Gasteiger charge is -2.10. The Balaban J connectivity index is 1.42. The number of carboxylic acid groups (broad SMARTS) is 1. The van der Waals surface area contributed by atoms with Gasteiger partial charge in [-0.3, -0.25) is 0 Å². The van der Waals surface area contributed by atoms with E-state index in [4.69, 9.17) is 0 Å². The number of hydrogen-bond acceptors (Lipinski definition) is 4. The van der Waals surface area contributed by atoms with E-state index in [0.29, 0.717) is 17.4 Å². The average Bonchev–Trinajstić information content (AvgIpc) is 3.51. The van der Waals surface area contributed by atoms with Crippen molar-refractivity contribution in [3.8, 4) is 0 Å². The molecule has 5 rings (SSSR count). The van der Waals surface area contributed by atoms with Crippen molar-refractivity contribution in [2.75, 3.05) is 5.32 Å². The molecule has 3 aromatic heterocycles. The second-order valence-corrected chi connectivity index (χ2v) is 7.44. The predicted octanol–water partition coefficient (Wildman–Crippen LogP) is 4.80. The quantitative estimate of drug-likeness (QED) is 0.499. The molecule has 1 saturated carbocycles. The van der Waals surface area contributed by atoms with E-state index in [1.54, 1.807) is 18.5 Å². The predicted molar refractivity (Wildman–Crippen MR) is 112 cm³/mol. The Labute approximate surface area is 167 Å². The van der Waals surface area contributed by atoms with Crippen LogP contribution in [0.2, 0.25) is 0 Å². The minimum absolute atomic E-state index is 0.191. The summed E-state index contributed by atoms with van der Waals surface area (Å²) in [6.45, 7) is 0.747. The maximum Gasteiger partial charge on any atom is 0.339 e. The smallest absolute Gasteiger partial charge is 0.339 e. The third-order valence-electron chi connectivity index (χ3n) is 5.25. The van der Waals surface area contributed by atoms with Crippen LogP contribution in [0, 0.1) is 0 Å². The van der Waals surface area contributed by atoms with Crippen molar-refractivity contribution in [3.63, 3.8) is 0 Å². The molecule has 0 saturated heterocycles. The molecule has 0 radical (unpaired) electrons. The molecule has 6 nitrogen and oxygen atoms in total. The molecular formula is C23H20N4O2. The van der Waals surface area contributed by atoms with Crippen LogP contribution < -0.4 is 5.32 Å². The minimum atomic E-state index is -0.981. The molecule has 0 atom stereocenters. The SMILES string of the molecule is O=C(O)c1cc(C2CC2)cnc1Nc1cnc2c(ccn2Cc2ccccc2)c1. The van der Waals surface area contributed by atoms with Crippen LogP contribution in [0.15, 0.2) is 67.1 Å². The summed E-state index contributed by atoms with van der Waals surface area (Å²) in [6.07, 6.45) is 7.71. The highest BCUT2D eigenvalue weighted by Crippen LogP contribution is 2.40. The van der Waals surface area contributed by atoms with Crippen LogP contribution in [-0.2, 0) is 6.54 Å². The van der Waals surface area contributed by atoms with E-state index in [0.717, 1.165) is 36.0 Å². The van der Waals surface area contributed by atoms with E-state index in [1.807, 2.05) is 36.5 Å². The van der Waals surface area contributed by atoms with Gasteiger partial charge in [0.1, 0.15) is 17.0 Å². The van der Waals surface area contributed by atoms with E-state index in [2.05, 4.69) is 32.0 Å². The maximum atomic E-state index is 11.7. The molecule has 6 heteroatoms. The van der Waals surface area contributed by atoms with Crippen molar-refractivity contribution in [2.24, 2.45) is 0 Å². The Kier molecular flexibility index (Phi) is 4.24. The van der Waals surface area contributed by atoms with Gasteiger partial charge in [0.2, 0.25) is 0 Å². The van der Waals surface area contributed by atoms with Crippen LogP contribution in [0.1, 0.15) is 40.2 Å². The van der Waals surface area contributed by atoms with E-state index >= 15 is 0 Å². The summed E-state index contributed by atoms with van der Waals surface area (Å²) >= 11 is 0. The van der Waals surface area contributed by atoms with Gasteiger partial charge in [0.05, 0.1) is 11.9 Å². The van der Waals surface area contributed by atoms with Crippen molar-refractivity contribution in [2.45, 2.75) is 25.3 Å². The number of fused-ring (bicyclic) bond motifs is 1. The first-order valence-electron chi connectivity index (χ1n) is 9.66. The summed E-state index contributed by atoms with van der Waals surface area (Å²) in [5.74, 6) is -0.186. The summed E-state index contributed by atoms with van der Waals surface area (Å²) < 4.78 is 2.10. The summed E-state index contributed by atoms with van der Waals surface area (Å²) in [5, 5.41) is 13.7. The molecule has 4 aromatic rings. The molecular weight excluding hydrogens is 364 g/mol. The minimum Gasteiger partial charge on any atom is -0.478 e. The molecule has 3 heterocycles. The number of nitrogens with one attached hydrogen (secondary N) is 1. The monoisotopic (exact) mass is 384 g/mol. The lowest BCUT2D eigenvalue weighted by Crippen LogP contribution is -2.06. The Morgan fingerprint density at radius 2 is 1.93 bits per heavy atom. The van der Waals surface area contributed by atoms with Crippen molar-refractivity contribution >= 4 is 28.5 Å². The van der Waals surface area contributed by atoms with Crippen LogP contribution in [0.3, 0.4) is 0 Å². The maximum absolute atomic E-state index is 11.7. The Bertz CT molecular complexity index is 1200. The number of carboxylic acids is 1. The van der Waals surface area contributed by atoms with Crippen molar-refractivity contribution in [1.29, 1.82) is 0 Å². The number of anilines is 2. The number of aromatic carboxylic acids is 1. The molecule has 1 fully saturated rings. The number of pyridine rings is 2. The topological polar surface area (TPSA) is 80.0 Å². The second kappa shape index (κ2) is 7.05. The van der Waals surface area contributed by atoms with Crippen molar-refractivity contribution < 1.29 is 9.90 Å². The summed E-state index contributed by atoms with van der Waals surface area (Å²) in [7, 11) is 0. The highest BCUT2D eigenvalue weighted by molar-refractivity contribution is 5.94. The van der Waals surface area contributed by atoms with Gasteiger partial charge in [-0.05, 0) is 48.1 Å². The van der Waals surface area contributed by atoms with Crippen LogP contribution in [-0.4, -0.2) is 25.6 Å². The van der Waals surface area contributed by atoms with Gasteiger partial charge < -0.3 is 15.0 Å². The first-order valence-corrected chi connectivity index (χ1v) is 9.66. The largest absolute Gasteiger partial charge is 0.478 e. The third-order valence-corrected chi connectivity index (χ3v) is 5.25. The van der Waals surface area contributed by atoms with Crippen LogP contribution in [0.5, 0.6) is 0 Å². The molecule has 2 N–H and O–H groups in total. The van der Waals surface area contributed by atoms with Gasteiger partial charge in [0.25, 0.3) is 0 Å². The van der Waals surface area contributed by atoms with Gasteiger partial charge >= 0.3 is 5.97 Å². The van der Waals surface area contributed by atoms with Crippen molar-refractivity contribution in [1.82, 2.24) is 14.5 Å². The molecule has 0 aliphatic heterocycles. The molecule has 0 unspecified atom stereocenters. The second-order valence-electron chi connectivity index (χ2n) is 7.44. The van der Waals surface area contributed by atoms with Gasteiger partial charge in [-0.15, -0.1) is 0 Å². The van der Waals surface area contributed by atoms with Crippen molar-refractivity contribution in [3.05, 3.63) is 83.8 Å². The van der Waals surface area contributed by atoms with E-state index in [9.17, 15) is 9.90 Å². The third kappa shape index (κ3) is 3.57. The summed E-state index contributed by atoms with van der Waals surface area (Å²) in [5.41, 5.74) is 4.00. The first kappa shape index (κ1) is 17.4. The lowest BCUT2D eigenvalue weighted by molar-refractivity contribution is 0.0697. The fourth-order valence-corrected chi connectivity index (χ4v) is 3.57. The highest BCUT2D eigenvalue weighted by Gasteiger charge is 2.26. The normalized spacial score (nSPS) is 13.5. The molecule has 29 heavy (non-hydrogen) atoms. The summed E-state index contributed by atoms with van der Waals surface area (Å²) in [4.78, 5) is 20.7. The van der Waals surface area contributed by atoms with Crippen LogP contribution in [0.25, 0.3) is 11.0 Å². The number of aromatic nitrogens is 3. The van der Waals surface area contributed by atoms with E-state index in [-0.39, 0.29) is 5.56 Å². The zero-order valence-corrected chi connectivity index (χ0v) is 15.7. The molecule has 144 valence electrons. The molecule has 1 aliphatic carbocycles. The molecule has 0 amide bonds. The van der Waals surface area contributed by atoms with Crippen LogP contribution in [0.4, 0.5) is 11.5 Å². The summed E-state index contributed by atoms with van der Waals surface area (Å²) in [6, 6.07) is 15.9. The van der Waals surface area contributed by atoms with Gasteiger partial charge in [-0.1, -0.05) is 30.3 Å². The Morgan fingerprint density at radius 3 is 2.69 bits per heavy atom. The first-order chi connectivity index (χ1) is 14.2. The fraction of sp³-hybridized carbons (Fsp3) is 0.174. The molecule has 0 bridgehead atoms. The van der Waals surface area contributed by atoms with E-state index < -0.39 is 5.97 Å².